The number of thiazole rings is 1. The summed E-state index contributed by atoms with van der Waals surface area (Å²) < 4.78 is 34.8. The third-order valence-corrected chi connectivity index (χ3v) is 4.45. The highest BCUT2D eigenvalue weighted by molar-refractivity contribution is 7.22. The Labute approximate surface area is 150 Å². The fraction of sp³-hybridized carbons (Fsp3) is 0.188. The van der Waals surface area contributed by atoms with E-state index in [4.69, 9.17) is 4.74 Å². The standard InChI is InChI=1S/C16H13F2N3O4S/c1-24-13-6-9(2-5-12(13)25-15(17)18)8-19-16-20-11-4-3-10(21(22)23)7-14(11)26-16/h2-7,15H,8H2,1H3,(H,19,20). The molecule has 0 aliphatic heterocycles. The van der Waals surface area contributed by atoms with Gasteiger partial charge < -0.3 is 14.8 Å². The lowest BCUT2D eigenvalue weighted by Gasteiger charge is -2.11. The third-order valence-electron chi connectivity index (χ3n) is 3.47. The Morgan fingerprint density at radius 1 is 1.27 bits per heavy atom. The van der Waals surface area contributed by atoms with Crippen LogP contribution in [0.15, 0.2) is 36.4 Å². The first-order chi connectivity index (χ1) is 12.5. The number of anilines is 1. The molecular weight excluding hydrogens is 368 g/mol. The highest BCUT2D eigenvalue weighted by Gasteiger charge is 2.12. The lowest BCUT2D eigenvalue weighted by Crippen LogP contribution is -2.05. The molecule has 3 aromatic rings. The van der Waals surface area contributed by atoms with Gasteiger partial charge in [0.2, 0.25) is 0 Å². The van der Waals surface area contributed by atoms with Crippen LogP contribution in [0.1, 0.15) is 5.56 Å². The van der Waals surface area contributed by atoms with Crippen LogP contribution in [-0.4, -0.2) is 23.6 Å². The Balaban J connectivity index is 1.74. The first-order valence-corrected chi connectivity index (χ1v) is 8.18. The van der Waals surface area contributed by atoms with Crippen LogP contribution in [0.2, 0.25) is 0 Å². The lowest BCUT2D eigenvalue weighted by atomic mass is 10.2. The minimum absolute atomic E-state index is 0.00653. The molecule has 0 bridgehead atoms. The van der Waals surface area contributed by atoms with Crippen molar-refractivity contribution in [3.8, 4) is 11.5 Å². The summed E-state index contributed by atoms with van der Waals surface area (Å²) in [6.45, 7) is -2.56. The maximum Gasteiger partial charge on any atom is 0.387 e. The van der Waals surface area contributed by atoms with E-state index in [-0.39, 0.29) is 17.2 Å². The molecule has 3 rings (SSSR count). The first-order valence-electron chi connectivity index (χ1n) is 7.37. The fourth-order valence-electron chi connectivity index (χ4n) is 2.30. The highest BCUT2D eigenvalue weighted by atomic mass is 32.1. The minimum atomic E-state index is -2.93. The molecule has 0 saturated carbocycles. The third kappa shape index (κ3) is 3.97. The van der Waals surface area contributed by atoms with Crippen molar-refractivity contribution in [2.75, 3.05) is 12.4 Å². The zero-order valence-electron chi connectivity index (χ0n) is 13.4. The number of alkyl halides is 2. The maximum absolute atomic E-state index is 12.3. The second-order valence-electron chi connectivity index (χ2n) is 5.15. The average molecular weight is 381 g/mol. The van der Waals surface area contributed by atoms with Crippen LogP contribution in [0.5, 0.6) is 11.5 Å². The van der Waals surface area contributed by atoms with E-state index < -0.39 is 11.5 Å². The molecular formula is C16H13F2N3O4S. The summed E-state index contributed by atoms with van der Waals surface area (Å²) in [7, 11) is 1.37. The molecule has 0 aliphatic rings. The van der Waals surface area contributed by atoms with E-state index >= 15 is 0 Å². The predicted molar refractivity (Wildman–Crippen MR) is 93.2 cm³/mol. The molecule has 0 amide bonds. The Kier molecular flexibility index (Phi) is 5.12. The van der Waals surface area contributed by atoms with Crippen LogP contribution in [0, 0.1) is 10.1 Å². The molecule has 1 N–H and O–H groups in total. The number of hydrogen-bond donors (Lipinski definition) is 1. The van der Waals surface area contributed by atoms with Gasteiger partial charge in [-0.1, -0.05) is 17.4 Å². The van der Waals surface area contributed by atoms with Gasteiger partial charge in [0.05, 0.1) is 22.2 Å². The Bertz CT molecular complexity index is 948. The maximum atomic E-state index is 12.3. The van der Waals surface area contributed by atoms with E-state index in [2.05, 4.69) is 15.0 Å². The molecule has 26 heavy (non-hydrogen) atoms. The number of ether oxygens (including phenoxy) is 2. The molecule has 0 atom stereocenters. The van der Waals surface area contributed by atoms with E-state index in [0.29, 0.717) is 21.9 Å². The van der Waals surface area contributed by atoms with E-state index in [1.165, 1.54) is 36.6 Å². The van der Waals surface area contributed by atoms with Crippen molar-refractivity contribution >= 4 is 32.4 Å². The van der Waals surface area contributed by atoms with Gasteiger partial charge in [0.1, 0.15) is 0 Å². The largest absolute Gasteiger partial charge is 0.493 e. The molecule has 0 spiro atoms. The van der Waals surface area contributed by atoms with Gasteiger partial charge in [0.25, 0.3) is 5.69 Å². The smallest absolute Gasteiger partial charge is 0.387 e. The van der Waals surface area contributed by atoms with E-state index in [0.717, 1.165) is 5.56 Å². The second kappa shape index (κ2) is 7.48. The van der Waals surface area contributed by atoms with Crippen molar-refractivity contribution in [2.45, 2.75) is 13.2 Å². The number of hydrogen-bond acceptors (Lipinski definition) is 7. The number of non-ortho nitro benzene ring substituents is 1. The van der Waals surface area contributed by atoms with Crippen molar-refractivity contribution in [3.63, 3.8) is 0 Å². The summed E-state index contributed by atoms with van der Waals surface area (Å²) in [5, 5.41) is 14.5. The Morgan fingerprint density at radius 3 is 2.77 bits per heavy atom. The molecule has 0 radical (unpaired) electrons. The molecule has 2 aromatic carbocycles. The highest BCUT2D eigenvalue weighted by Crippen LogP contribution is 2.31. The Morgan fingerprint density at radius 2 is 2.08 bits per heavy atom. The monoisotopic (exact) mass is 381 g/mol. The normalized spacial score (nSPS) is 10.9. The SMILES string of the molecule is COc1cc(CNc2nc3ccc([N+](=O)[O-])cc3s2)ccc1OC(F)F. The molecule has 10 heteroatoms. The average Bonchev–Trinajstić information content (AvgIpc) is 3.02. The van der Waals surface area contributed by atoms with Gasteiger partial charge in [-0.05, 0) is 23.8 Å². The Hall–Kier alpha value is -3.01. The summed E-state index contributed by atoms with van der Waals surface area (Å²) in [6, 6.07) is 9.09. The van der Waals surface area contributed by atoms with Gasteiger partial charge in [0.15, 0.2) is 16.6 Å². The summed E-state index contributed by atoms with van der Waals surface area (Å²) in [5.74, 6) is 0.156. The number of nitrogens with zero attached hydrogens (tertiary/aromatic N) is 2. The van der Waals surface area contributed by atoms with Crippen molar-refractivity contribution < 1.29 is 23.2 Å². The first kappa shape index (κ1) is 17.8. The van der Waals surface area contributed by atoms with Gasteiger partial charge in [0, 0.05) is 18.7 Å². The number of halogens is 2. The van der Waals surface area contributed by atoms with Crippen LogP contribution in [-0.2, 0) is 6.54 Å². The summed E-state index contributed by atoms with van der Waals surface area (Å²) in [5.41, 5.74) is 1.43. The lowest BCUT2D eigenvalue weighted by molar-refractivity contribution is -0.384. The van der Waals surface area contributed by atoms with Crippen LogP contribution in [0.25, 0.3) is 10.2 Å². The molecule has 1 heterocycles. The zero-order chi connectivity index (χ0) is 18.7. The summed E-state index contributed by atoms with van der Waals surface area (Å²) >= 11 is 1.29. The molecule has 0 aliphatic carbocycles. The van der Waals surface area contributed by atoms with Crippen LogP contribution in [0.4, 0.5) is 19.6 Å². The van der Waals surface area contributed by atoms with Crippen LogP contribution >= 0.6 is 11.3 Å². The second-order valence-corrected chi connectivity index (χ2v) is 6.18. The summed E-state index contributed by atoms with van der Waals surface area (Å²) in [4.78, 5) is 14.7. The van der Waals surface area contributed by atoms with Gasteiger partial charge >= 0.3 is 6.61 Å². The van der Waals surface area contributed by atoms with Crippen molar-refractivity contribution in [2.24, 2.45) is 0 Å². The molecule has 0 unspecified atom stereocenters. The zero-order valence-corrected chi connectivity index (χ0v) is 14.3. The van der Waals surface area contributed by atoms with Gasteiger partial charge in [-0.3, -0.25) is 10.1 Å². The fourth-order valence-corrected chi connectivity index (χ4v) is 3.19. The molecule has 7 nitrogen and oxygen atoms in total. The molecule has 0 saturated heterocycles. The van der Waals surface area contributed by atoms with E-state index in [1.54, 1.807) is 18.2 Å². The number of aromatic nitrogens is 1. The number of nitro groups is 1. The van der Waals surface area contributed by atoms with Crippen molar-refractivity contribution in [1.29, 1.82) is 0 Å². The number of benzene rings is 2. The van der Waals surface area contributed by atoms with Crippen LogP contribution < -0.4 is 14.8 Å². The minimum Gasteiger partial charge on any atom is -0.493 e. The van der Waals surface area contributed by atoms with Gasteiger partial charge in [-0.25, -0.2) is 4.98 Å². The number of rotatable bonds is 7. The van der Waals surface area contributed by atoms with Crippen molar-refractivity contribution in [1.82, 2.24) is 4.98 Å². The molecule has 0 fully saturated rings. The topological polar surface area (TPSA) is 86.5 Å². The number of methoxy groups -OCH3 is 1. The van der Waals surface area contributed by atoms with Crippen LogP contribution in [0.3, 0.4) is 0 Å². The van der Waals surface area contributed by atoms with Gasteiger partial charge in [-0.15, -0.1) is 0 Å². The van der Waals surface area contributed by atoms with E-state index in [1.807, 2.05) is 0 Å². The number of nitrogens with one attached hydrogen (secondary N) is 1. The number of nitro benzene ring substituents is 1. The van der Waals surface area contributed by atoms with Gasteiger partial charge in [-0.2, -0.15) is 8.78 Å². The van der Waals surface area contributed by atoms with E-state index in [9.17, 15) is 18.9 Å². The number of fused-ring (bicyclic) bond motifs is 1. The molecule has 136 valence electrons. The predicted octanol–water partition coefficient (Wildman–Crippen LogP) is 4.43. The summed E-state index contributed by atoms with van der Waals surface area (Å²) in [6.07, 6.45) is 0. The van der Waals surface area contributed by atoms with Crippen molar-refractivity contribution in [3.05, 3.63) is 52.1 Å². The quantitative estimate of drug-likeness (QED) is 0.481. The molecule has 1 aromatic heterocycles.